The molecule has 0 radical (unpaired) electrons. The van der Waals surface area contributed by atoms with E-state index >= 15 is 0 Å². The zero-order valence-electron chi connectivity index (χ0n) is 13.4. The Hall–Kier alpha value is -2.47. The summed E-state index contributed by atoms with van der Waals surface area (Å²) in [7, 11) is 0. The van der Waals surface area contributed by atoms with Gasteiger partial charge < -0.3 is 19.2 Å². The third kappa shape index (κ3) is 5.31. The second-order valence-electron chi connectivity index (χ2n) is 5.13. The molecule has 0 aliphatic carbocycles. The summed E-state index contributed by atoms with van der Waals surface area (Å²) in [4.78, 5) is 23.6. The van der Waals surface area contributed by atoms with Crippen molar-refractivity contribution in [3.8, 4) is 5.75 Å². The van der Waals surface area contributed by atoms with Crippen LogP contribution in [0.25, 0.3) is 0 Å². The Morgan fingerprint density at radius 3 is 2.79 bits per heavy atom. The average Bonchev–Trinajstić information content (AvgIpc) is 3.05. The maximum absolute atomic E-state index is 11.9. The lowest BCUT2D eigenvalue weighted by Crippen LogP contribution is -2.36. The molecule has 0 fully saturated rings. The van der Waals surface area contributed by atoms with E-state index < -0.39 is 18.0 Å². The van der Waals surface area contributed by atoms with Crippen LogP contribution in [0.1, 0.15) is 18.2 Å². The summed E-state index contributed by atoms with van der Waals surface area (Å²) in [6.07, 6.45) is 0.587. The van der Waals surface area contributed by atoms with Crippen molar-refractivity contribution in [3.63, 3.8) is 0 Å². The van der Waals surface area contributed by atoms with Gasteiger partial charge in [-0.25, -0.2) is 4.79 Å². The highest BCUT2D eigenvalue weighted by Gasteiger charge is 2.18. The van der Waals surface area contributed by atoms with Crippen LogP contribution in [0.15, 0.2) is 41.0 Å². The average molecular weight is 352 g/mol. The van der Waals surface area contributed by atoms with Gasteiger partial charge in [0.2, 0.25) is 0 Å². The van der Waals surface area contributed by atoms with Crippen LogP contribution in [-0.4, -0.2) is 24.6 Å². The highest BCUT2D eigenvalue weighted by molar-refractivity contribution is 6.30. The first-order valence-corrected chi connectivity index (χ1v) is 7.72. The summed E-state index contributed by atoms with van der Waals surface area (Å²) in [5.74, 6) is 0.0992. The van der Waals surface area contributed by atoms with E-state index in [9.17, 15) is 9.59 Å². The number of ether oxygens (including phenoxy) is 2. The van der Waals surface area contributed by atoms with Crippen LogP contribution in [0.2, 0.25) is 5.02 Å². The molecule has 0 saturated heterocycles. The fourth-order valence-corrected chi connectivity index (χ4v) is 2.15. The van der Waals surface area contributed by atoms with Gasteiger partial charge in [0, 0.05) is 5.02 Å². The molecule has 0 aliphatic rings. The van der Waals surface area contributed by atoms with Gasteiger partial charge in [-0.1, -0.05) is 11.6 Å². The zero-order valence-corrected chi connectivity index (χ0v) is 14.1. The van der Waals surface area contributed by atoms with Crippen LogP contribution >= 0.6 is 11.6 Å². The minimum Gasteiger partial charge on any atom is -0.482 e. The number of amides is 1. The Labute approximate surface area is 144 Å². The number of halogens is 1. The number of hydrogen-bond donors (Lipinski definition) is 1. The summed E-state index contributed by atoms with van der Waals surface area (Å²) in [5, 5.41) is 3.20. The summed E-state index contributed by atoms with van der Waals surface area (Å²) in [6.45, 7) is 3.24. The maximum atomic E-state index is 11.9. The molecule has 0 unspecified atom stereocenters. The fourth-order valence-electron chi connectivity index (χ4n) is 1.93. The van der Waals surface area contributed by atoms with Crippen molar-refractivity contribution < 1.29 is 23.5 Å². The first-order chi connectivity index (χ1) is 11.5. The summed E-state index contributed by atoms with van der Waals surface area (Å²) < 4.78 is 15.5. The number of benzene rings is 1. The van der Waals surface area contributed by atoms with Gasteiger partial charge in [-0.3, -0.25) is 4.79 Å². The highest BCUT2D eigenvalue weighted by Crippen LogP contribution is 2.21. The standard InChI is InChI=1S/C17H18ClNO5/c1-11-8-13(18)5-6-15(11)23-10-16(20)24-12(2)17(21)19-9-14-4-3-7-22-14/h3-8,12H,9-10H2,1-2H3,(H,19,21)/t12-/m1/s1. The van der Waals surface area contributed by atoms with Crippen molar-refractivity contribution in [2.75, 3.05) is 6.61 Å². The fraction of sp³-hybridized carbons (Fsp3) is 0.294. The molecule has 6 nitrogen and oxygen atoms in total. The van der Waals surface area contributed by atoms with Gasteiger partial charge in [-0.2, -0.15) is 0 Å². The predicted molar refractivity (Wildman–Crippen MR) is 87.8 cm³/mol. The molecule has 1 aromatic carbocycles. The molecule has 24 heavy (non-hydrogen) atoms. The molecule has 2 aromatic rings. The molecule has 128 valence electrons. The predicted octanol–water partition coefficient (Wildman–Crippen LogP) is 2.87. The van der Waals surface area contributed by atoms with Crippen LogP contribution < -0.4 is 10.1 Å². The van der Waals surface area contributed by atoms with Gasteiger partial charge in [-0.15, -0.1) is 0 Å². The molecular weight excluding hydrogens is 334 g/mol. The molecule has 0 bridgehead atoms. The first kappa shape index (κ1) is 17.9. The molecule has 1 heterocycles. The van der Waals surface area contributed by atoms with Crippen molar-refractivity contribution >= 4 is 23.5 Å². The first-order valence-electron chi connectivity index (χ1n) is 7.34. The third-order valence-electron chi connectivity index (χ3n) is 3.18. The molecule has 2 rings (SSSR count). The molecule has 1 aromatic heterocycles. The quantitative estimate of drug-likeness (QED) is 0.776. The highest BCUT2D eigenvalue weighted by atomic mass is 35.5. The lowest BCUT2D eigenvalue weighted by molar-refractivity contribution is -0.156. The summed E-state index contributed by atoms with van der Waals surface area (Å²) in [5.41, 5.74) is 0.805. The second kappa shape index (κ2) is 8.40. The van der Waals surface area contributed by atoms with Crippen molar-refractivity contribution in [1.29, 1.82) is 0 Å². The number of rotatable bonds is 7. The number of aryl methyl sites for hydroxylation is 1. The Balaban J connectivity index is 1.75. The molecule has 7 heteroatoms. The van der Waals surface area contributed by atoms with E-state index in [1.165, 1.54) is 13.2 Å². The second-order valence-corrected chi connectivity index (χ2v) is 5.56. The normalized spacial score (nSPS) is 11.6. The monoisotopic (exact) mass is 351 g/mol. The van der Waals surface area contributed by atoms with E-state index in [1.807, 2.05) is 6.92 Å². The van der Waals surface area contributed by atoms with Crippen LogP contribution in [0.5, 0.6) is 5.75 Å². The number of hydrogen-bond acceptors (Lipinski definition) is 5. The minimum atomic E-state index is -0.928. The molecule has 0 saturated carbocycles. The number of esters is 1. The lowest BCUT2D eigenvalue weighted by atomic mass is 10.2. The summed E-state index contributed by atoms with van der Waals surface area (Å²) >= 11 is 5.85. The van der Waals surface area contributed by atoms with Crippen LogP contribution in [0.3, 0.4) is 0 Å². The molecule has 1 atom stereocenters. The van der Waals surface area contributed by atoms with Crippen LogP contribution in [0, 0.1) is 6.92 Å². The van der Waals surface area contributed by atoms with Gasteiger partial charge in [0.1, 0.15) is 11.5 Å². The van der Waals surface area contributed by atoms with Crippen molar-refractivity contribution in [1.82, 2.24) is 5.32 Å². The van der Waals surface area contributed by atoms with E-state index in [-0.39, 0.29) is 13.2 Å². The lowest BCUT2D eigenvalue weighted by Gasteiger charge is -2.14. The largest absolute Gasteiger partial charge is 0.482 e. The Kier molecular flexibility index (Phi) is 6.26. The Morgan fingerprint density at radius 2 is 2.12 bits per heavy atom. The zero-order chi connectivity index (χ0) is 17.5. The number of nitrogens with one attached hydrogen (secondary N) is 1. The van der Waals surface area contributed by atoms with E-state index in [0.717, 1.165) is 5.56 Å². The molecule has 0 spiro atoms. The minimum absolute atomic E-state index is 0.230. The van der Waals surface area contributed by atoms with E-state index in [2.05, 4.69) is 5.32 Å². The van der Waals surface area contributed by atoms with Gasteiger partial charge in [0.25, 0.3) is 5.91 Å². The van der Waals surface area contributed by atoms with Gasteiger partial charge in [-0.05, 0) is 49.7 Å². The van der Waals surface area contributed by atoms with E-state index in [0.29, 0.717) is 16.5 Å². The van der Waals surface area contributed by atoms with Gasteiger partial charge >= 0.3 is 5.97 Å². The third-order valence-corrected chi connectivity index (χ3v) is 3.41. The molecule has 1 amide bonds. The van der Waals surface area contributed by atoms with Gasteiger partial charge in [0.15, 0.2) is 12.7 Å². The molecule has 1 N–H and O–H groups in total. The van der Waals surface area contributed by atoms with E-state index in [4.69, 9.17) is 25.5 Å². The smallest absolute Gasteiger partial charge is 0.344 e. The SMILES string of the molecule is Cc1cc(Cl)ccc1OCC(=O)O[C@H](C)C(=O)NCc1ccco1. The van der Waals surface area contributed by atoms with Crippen molar-refractivity contribution in [2.24, 2.45) is 0 Å². The Morgan fingerprint density at radius 1 is 1.33 bits per heavy atom. The van der Waals surface area contributed by atoms with Gasteiger partial charge in [0.05, 0.1) is 12.8 Å². The van der Waals surface area contributed by atoms with E-state index in [1.54, 1.807) is 30.3 Å². The van der Waals surface area contributed by atoms with Crippen LogP contribution in [0.4, 0.5) is 0 Å². The van der Waals surface area contributed by atoms with Crippen molar-refractivity contribution in [2.45, 2.75) is 26.5 Å². The van der Waals surface area contributed by atoms with Crippen molar-refractivity contribution in [3.05, 3.63) is 52.9 Å². The number of carbonyl (C=O) groups excluding carboxylic acids is 2. The molecular formula is C17H18ClNO5. The summed E-state index contributed by atoms with van der Waals surface area (Å²) in [6, 6.07) is 8.53. The topological polar surface area (TPSA) is 77.8 Å². The number of furan rings is 1. The number of carbonyl (C=O) groups is 2. The molecule has 0 aliphatic heterocycles. The maximum Gasteiger partial charge on any atom is 0.344 e. The Bertz CT molecular complexity index is 699. The van der Waals surface area contributed by atoms with Crippen LogP contribution in [-0.2, 0) is 20.9 Å².